The summed E-state index contributed by atoms with van der Waals surface area (Å²) in [5.41, 5.74) is 3.50. The Morgan fingerprint density at radius 3 is 2.61 bits per heavy atom. The molecule has 3 heterocycles. The topological polar surface area (TPSA) is 57.9 Å². The van der Waals surface area contributed by atoms with Crippen molar-refractivity contribution in [2.24, 2.45) is 0 Å². The Kier molecular flexibility index (Phi) is 4.14. The Hall–Kier alpha value is -2.76. The van der Waals surface area contributed by atoms with E-state index in [1.54, 1.807) is 0 Å². The lowest BCUT2D eigenvalue weighted by molar-refractivity contribution is 0.0309. The zero-order valence-corrected chi connectivity index (χ0v) is 16.1. The molecule has 0 aliphatic carbocycles. The molecule has 1 fully saturated rings. The molecule has 0 spiro atoms. The van der Waals surface area contributed by atoms with Gasteiger partial charge in [-0.3, -0.25) is 0 Å². The van der Waals surface area contributed by atoms with Gasteiger partial charge in [0, 0.05) is 47.9 Å². The van der Waals surface area contributed by atoms with Gasteiger partial charge in [-0.25, -0.2) is 0 Å². The quantitative estimate of drug-likeness (QED) is 0.711. The molecule has 5 heteroatoms. The van der Waals surface area contributed by atoms with Crippen molar-refractivity contribution < 1.29 is 14.3 Å². The second kappa shape index (κ2) is 6.69. The van der Waals surface area contributed by atoms with E-state index < -0.39 is 6.29 Å². The maximum atomic E-state index is 10.6. The van der Waals surface area contributed by atoms with Gasteiger partial charge in [-0.05, 0) is 44.2 Å². The minimum absolute atomic E-state index is 0.436. The first-order valence-electron chi connectivity index (χ1n) is 9.77. The fourth-order valence-corrected chi connectivity index (χ4v) is 4.22. The van der Waals surface area contributed by atoms with Crippen molar-refractivity contribution >= 4 is 28.3 Å². The SMILES string of the molecule is C[C@@H]1CN(c2ccc3c(c2)OC(O)C(c2cc4ccccc4o2)=C3)C[C@H](C)N1. The van der Waals surface area contributed by atoms with Crippen LogP contribution in [0.15, 0.2) is 52.9 Å². The van der Waals surface area contributed by atoms with E-state index in [4.69, 9.17) is 9.15 Å². The molecule has 0 saturated carbocycles. The standard InChI is InChI=1S/C23H24N2O3/c1-14-12-25(13-15(2)24-14)18-8-7-17-9-19(23(26)28-21(17)11-18)22-10-16-5-3-4-6-20(16)27-22/h3-11,14-15,23-24,26H,12-13H2,1-2H3/t14-,15+,23?. The molecule has 2 aromatic carbocycles. The summed E-state index contributed by atoms with van der Waals surface area (Å²) >= 11 is 0. The highest BCUT2D eigenvalue weighted by Gasteiger charge is 2.26. The maximum absolute atomic E-state index is 10.6. The average molecular weight is 376 g/mol. The number of rotatable bonds is 2. The summed E-state index contributed by atoms with van der Waals surface area (Å²) in [6.07, 6.45) is 0.901. The summed E-state index contributed by atoms with van der Waals surface area (Å²) in [6.45, 7) is 6.30. The Balaban J connectivity index is 1.48. The average Bonchev–Trinajstić information content (AvgIpc) is 3.10. The highest BCUT2D eigenvalue weighted by molar-refractivity contribution is 5.89. The second-order valence-electron chi connectivity index (χ2n) is 7.81. The molecule has 2 N–H and O–H groups in total. The molecule has 0 bridgehead atoms. The molecule has 28 heavy (non-hydrogen) atoms. The summed E-state index contributed by atoms with van der Waals surface area (Å²) in [4.78, 5) is 2.36. The van der Waals surface area contributed by atoms with Crippen LogP contribution in [-0.2, 0) is 0 Å². The van der Waals surface area contributed by atoms with E-state index in [1.165, 1.54) is 0 Å². The molecule has 1 aromatic heterocycles. The number of ether oxygens (including phenoxy) is 1. The number of benzene rings is 2. The van der Waals surface area contributed by atoms with Gasteiger partial charge in [0.1, 0.15) is 17.1 Å². The lowest BCUT2D eigenvalue weighted by Crippen LogP contribution is -2.54. The molecule has 1 unspecified atom stereocenters. The van der Waals surface area contributed by atoms with E-state index in [-0.39, 0.29) is 0 Å². The smallest absolute Gasteiger partial charge is 0.227 e. The van der Waals surface area contributed by atoms with Crippen LogP contribution in [0.4, 0.5) is 5.69 Å². The van der Waals surface area contributed by atoms with Crippen molar-refractivity contribution in [2.45, 2.75) is 32.2 Å². The number of nitrogens with one attached hydrogen (secondary N) is 1. The number of para-hydroxylation sites is 1. The van der Waals surface area contributed by atoms with Gasteiger partial charge in [0.05, 0.1) is 5.57 Å². The molecule has 0 radical (unpaired) electrons. The first-order valence-corrected chi connectivity index (χ1v) is 9.77. The number of hydrogen-bond donors (Lipinski definition) is 2. The van der Waals surface area contributed by atoms with E-state index in [0.29, 0.717) is 29.2 Å². The van der Waals surface area contributed by atoms with E-state index in [2.05, 4.69) is 36.2 Å². The summed E-state index contributed by atoms with van der Waals surface area (Å²) in [6, 6.07) is 16.8. The number of aliphatic hydroxyl groups excluding tert-OH is 1. The van der Waals surface area contributed by atoms with Gasteiger partial charge >= 0.3 is 0 Å². The molecular weight excluding hydrogens is 352 g/mol. The molecule has 2 aliphatic heterocycles. The third-order valence-electron chi connectivity index (χ3n) is 5.45. The van der Waals surface area contributed by atoms with E-state index >= 15 is 0 Å². The molecule has 0 amide bonds. The third-order valence-corrected chi connectivity index (χ3v) is 5.45. The number of fused-ring (bicyclic) bond motifs is 2. The van der Waals surface area contributed by atoms with E-state index in [1.807, 2.05) is 42.5 Å². The largest absolute Gasteiger partial charge is 0.460 e. The Morgan fingerprint density at radius 2 is 1.82 bits per heavy atom. The number of anilines is 1. The molecule has 3 atom stereocenters. The van der Waals surface area contributed by atoms with Crippen LogP contribution in [0.3, 0.4) is 0 Å². The van der Waals surface area contributed by atoms with Gasteiger partial charge in [-0.15, -0.1) is 0 Å². The number of aliphatic hydroxyl groups is 1. The van der Waals surface area contributed by atoms with Crippen LogP contribution in [-0.4, -0.2) is 36.6 Å². The number of hydrogen-bond acceptors (Lipinski definition) is 5. The first-order chi connectivity index (χ1) is 13.6. The highest BCUT2D eigenvalue weighted by Crippen LogP contribution is 2.37. The van der Waals surface area contributed by atoms with Crippen LogP contribution >= 0.6 is 0 Å². The molecule has 144 valence electrons. The van der Waals surface area contributed by atoms with Crippen LogP contribution in [0, 0.1) is 0 Å². The molecule has 5 rings (SSSR count). The normalized spacial score (nSPS) is 24.6. The molecular formula is C23H24N2O3. The Labute approximate surface area is 164 Å². The van der Waals surface area contributed by atoms with Crippen LogP contribution in [0.5, 0.6) is 5.75 Å². The van der Waals surface area contributed by atoms with Crippen LogP contribution in [0.2, 0.25) is 0 Å². The fourth-order valence-electron chi connectivity index (χ4n) is 4.22. The zero-order valence-electron chi connectivity index (χ0n) is 16.1. The lowest BCUT2D eigenvalue weighted by Gasteiger charge is -2.38. The summed E-state index contributed by atoms with van der Waals surface area (Å²) in [5.74, 6) is 1.33. The third kappa shape index (κ3) is 3.07. The number of furan rings is 1. The first kappa shape index (κ1) is 17.3. The van der Waals surface area contributed by atoms with Crippen molar-refractivity contribution in [3.63, 3.8) is 0 Å². The lowest BCUT2D eigenvalue weighted by atomic mass is 10.0. The van der Waals surface area contributed by atoms with Crippen molar-refractivity contribution in [1.82, 2.24) is 5.32 Å². The van der Waals surface area contributed by atoms with Gasteiger partial charge in [0.15, 0.2) is 0 Å². The summed E-state index contributed by atoms with van der Waals surface area (Å²) in [7, 11) is 0. The van der Waals surface area contributed by atoms with Crippen molar-refractivity contribution in [3.05, 3.63) is 59.9 Å². The van der Waals surface area contributed by atoms with Crippen molar-refractivity contribution in [2.75, 3.05) is 18.0 Å². The predicted octanol–water partition coefficient (Wildman–Crippen LogP) is 3.87. The fraction of sp³-hybridized carbons (Fsp3) is 0.304. The molecule has 2 aliphatic rings. The Bertz CT molecular complexity index is 1010. The highest BCUT2D eigenvalue weighted by atomic mass is 16.6. The van der Waals surface area contributed by atoms with E-state index in [9.17, 15) is 5.11 Å². The van der Waals surface area contributed by atoms with E-state index in [0.717, 1.165) is 35.3 Å². The zero-order chi connectivity index (χ0) is 19.3. The minimum atomic E-state index is -1.05. The minimum Gasteiger partial charge on any atom is -0.460 e. The monoisotopic (exact) mass is 376 g/mol. The molecule has 1 saturated heterocycles. The number of piperazine rings is 1. The van der Waals surface area contributed by atoms with Gasteiger partial charge in [0.2, 0.25) is 6.29 Å². The maximum Gasteiger partial charge on any atom is 0.227 e. The molecule has 5 nitrogen and oxygen atoms in total. The van der Waals surface area contributed by atoms with Gasteiger partial charge in [0.25, 0.3) is 0 Å². The van der Waals surface area contributed by atoms with Crippen LogP contribution < -0.4 is 15.0 Å². The van der Waals surface area contributed by atoms with Crippen molar-refractivity contribution in [1.29, 1.82) is 0 Å². The predicted molar refractivity (Wildman–Crippen MR) is 111 cm³/mol. The summed E-state index contributed by atoms with van der Waals surface area (Å²) in [5, 5.41) is 15.2. The van der Waals surface area contributed by atoms with Crippen LogP contribution in [0.25, 0.3) is 22.6 Å². The van der Waals surface area contributed by atoms with Crippen molar-refractivity contribution in [3.8, 4) is 5.75 Å². The van der Waals surface area contributed by atoms with Gasteiger partial charge < -0.3 is 24.5 Å². The van der Waals surface area contributed by atoms with Gasteiger partial charge in [-0.2, -0.15) is 0 Å². The van der Waals surface area contributed by atoms with Gasteiger partial charge in [-0.1, -0.05) is 18.2 Å². The Morgan fingerprint density at radius 1 is 1.04 bits per heavy atom. The number of nitrogens with zero attached hydrogens (tertiary/aromatic N) is 1. The summed E-state index contributed by atoms with van der Waals surface area (Å²) < 4.78 is 11.8. The van der Waals surface area contributed by atoms with Crippen LogP contribution in [0.1, 0.15) is 25.2 Å². The molecule has 3 aromatic rings. The second-order valence-corrected chi connectivity index (χ2v) is 7.81.